The van der Waals surface area contributed by atoms with E-state index in [9.17, 15) is 18.0 Å². The molecule has 2 aromatic rings. The summed E-state index contributed by atoms with van der Waals surface area (Å²) in [4.78, 5) is 10.9. The lowest BCUT2D eigenvalue weighted by Gasteiger charge is -2.05. The molecule has 5 heteroatoms. The number of alkyl halides is 3. The van der Waals surface area contributed by atoms with Crippen molar-refractivity contribution < 1.29 is 22.4 Å². The third-order valence-corrected chi connectivity index (χ3v) is 2.32. The summed E-state index contributed by atoms with van der Waals surface area (Å²) in [6, 6.07) is 5.27. The van der Waals surface area contributed by atoms with Crippen LogP contribution in [0.5, 0.6) is 0 Å². The molecule has 0 N–H and O–H groups in total. The van der Waals surface area contributed by atoms with Gasteiger partial charge >= 0.3 is 6.18 Å². The second kappa shape index (κ2) is 3.91. The molecule has 0 amide bonds. The number of ketones is 1. The molecule has 0 saturated carbocycles. The molecule has 0 aliphatic heterocycles. The number of halogens is 3. The van der Waals surface area contributed by atoms with E-state index in [1.165, 1.54) is 25.1 Å². The number of Topliss-reactive ketones (excluding diaryl/α,β-unsaturated/α-hetero) is 1. The summed E-state index contributed by atoms with van der Waals surface area (Å²) in [5.74, 6) is 0.0989. The average molecular weight is 242 g/mol. The van der Waals surface area contributed by atoms with Crippen LogP contribution in [0.15, 0.2) is 28.7 Å². The smallest absolute Gasteiger partial charge is 0.420 e. The molecule has 1 heterocycles. The van der Waals surface area contributed by atoms with Crippen molar-refractivity contribution in [2.24, 2.45) is 0 Å². The first kappa shape index (κ1) is 11.7. The van der Waals surface area contributed by atoms with Crippen LogP contribution >= 0.6 is 0 Å². The van der Waals surface area contributed by atoms with Crippen molar-refractivity contribution in [2.75, 3.05) is 0 Å². The molecular weight excluding hydrogens is 233 g/mol. The summed E-state index contributed by atoms with van der Waals surface area (Å²) in [6.45, 7) is 1.36. The number of furan rings is 1. The number of rotatable bonds is 2. The van der Waals surface area contributed by atoms with E-state index in [-0.39, 0.29) is 23.5 Å². The monoisotopic (exact) mass is 242 g/mol. The summed E-state index contributed by atoms with van der Waals surface area (Å²) in [5, 5.41) is 0.357. The fourth-order valence-electron chi connectivity index (χ4n) is 1.67. The quantitative estimate of drug-likeness (QED) is 0.805. The Morgan fingerprint density at radius 2 is 2.06 bits per heavy atom. The van der Waals surface area contributed by atoms with Gasteiger partial charge in [-0.05, 0) is 19.1 Å². The highest BCUT2D eigenvalue weighted by atomic mass is 19.4. The van der Waals surface area contributed by atoms with E-state index in [1.54, 1.807) is 0 Å². The highest BCUT2D eigenvalue weighted by Crippen LogP contribution is 2.35. The van der Waals surface area contributed by atoms with Crippen LogP contribution in [0.4, 0.5) is 13.2 Å². The SMILES string of the molecule is CC(=O)Cc1cc2cccc(C(F)(F)F)c2o1. The lowest BCUT2D eigenvalue weighted by Crippen LogP contribution is -2.04. The van der Waals surface area contributed by atoms with Gasteiger partial charge in [0.2, 0.25) is 0 Å². The molecule has 90 valence electrons. The second-order valence-electron chi connectivity index (χ2n) is 3.81. The molecule has 1 aromatic heterocycles. The van der Waals surface area contributed by atoms with Crippen LogP contribution in [0, 0.1) is 0 Å². The van der Waals surface area contributed by atoms with E-state index in [0.29, 0.717) is 5.39 Å². The fourth-order valence-corrected chi connectivity index (χ4v) is 1.67. The minimum atomic E-state index is -4.45. The number of benzene rings is 1. The fraction of sp³-hybridized carbons (Fsp3) is 0.250. The van der Waals surface area contributed by atoms with Gasteiger partial charge in [0.25, 0.3) is 0 Å². The molecule has 0 radical (unpaired) electrons. The van der Waals surface area contributed by atoms with Crippen molar-refractivity contribution >= 4 is 16.8 Å². The van der Waals surface area contributed by atoms with Crippen molar-refractivity contribution in [2.45, 2.75) is 19.5 Å². The van der Waals surface area contributed by atoms with Crippen molar-refractivity contribution in [1.29, 1.82) is 0 Å². The zero-order valence-electron chi connectivity index (χ0n) is 8.97. The molecule has 0 unspecified atom stereocenters. The maximum Gasteiger partial charge on any atom is 0.420 e. The third-order valence-electron chi connectivity index (χ3n) is 2.32. The van der Waals surface area contributed by atoms with Crippen LogP contribution in [0.25, 0.3) is 11.0 Å². The van der Waals surface area contributed by atoms with Gasteiger partial charge in [-0.3, -0.25) is 4.79 Å². The van der Waals surface area contributed by atoms with Crippen LogP contribution in [0.2, 0.25) is 0 Å². The summed E-state index contributed by atoms with van der Waals surface area (Å²) >= 11 is 0. The molecule has 1 aromatic carbocycles. The van der Waals surface area contributed by atoms with Crippen molar-refractivity contribution in [3.8, 4) is 0 Å². The standard InChI is InChI=1S/C12H9F3O2/c1-7(16)5-9-6-8-3-2-4-10(11(8)17-9)12(13,14)15/h2-4,6H,5H2,1H3. The van der Waals surface area contributed by atoms with Crippen molar-refractivity contribution in [1.82, 2.24) is 0 Å². The number of carbonyl (C=O) groups is 1. The van der Waals surface area contributed by atoms with Gasteiger partial charge in [-0.25, -0.2) is 0 Å². The first-order valence-corrected chi connectivity index (χ1v) is 4.96. The predicted molar refractivity (Wildman–Crippen MR) is 55.6 cm³/mol. The normalized spacial score (nSPS) is 12.0. The summed E-state index contributed by atoms with van der Waals surface area (Å²) in [5.41, 5.74) is -1.03. The maximum absolute atomic E-state index is 12.7. The van der Waals surface area contributed by atoms with Crippen molar-refractivity contribution in [3.63, 3.8) is 0 Å². The molecule has 17 heavy (non-hydrogen) atoms. The highest BCUT2D eigenvalue weighted by Gasteiger charge is 2.34. The molecule has 0 spiro atoms. The number of fused-ring (bicyclic) bond motifs is 1. The highest BCUT2D eigenvalue weighted by molar-refractivity contribution is 5.84. The first-order valence-electron chi connectivity index (χ1n) is 4.96. The summed E-state index contributed by atoms with van der Waals surface area (Å²) < 4.78 is 43.1. The van der Waals surface area contributed by atoms with Gasteiger partial charge in [-0.1, -0.05) is 12.1 Å². The van der Waals surface area contributed by atoms with Crippen LogP contribution in [-0.4, -0.2) is 5.78 Å². The molecule has 0 aliphatic rings. The number of carbonyl (C=O) groups excluding carboxylic acids is 1. The Morgan fingerprint density at radius 3 is 2.65 bits per heavy atom. The minimum absolute atomic E-state index is 0.00593. The van der Waals surface area contributed by atoms with E-state index in [2.05, 4.69) is 0 Å². The van der Waals surface area contributed by atoms with Gasteiger partial charge in [0, 0.05) is 5.39 Å². The Morgan fingerprint density at radius 1 is 1.35 bits per heavy atom. The zero-order chi connectivity index (χ0) is 12.6. The molecule has 0 bridgehead atoms. The Bertz CT molecular complexity index is 567. The maximum atomic E-state index is 12.7. The Labute approximate surface area is 95.0 Å². The van der Waals surface area contributed by atoms with Gasteiger partial charge in [0.15, 0.2) is 0 Å². The number of para-hydroxylation sites is 1. The topological polar surface area (TPSA) is 30.2 Å². The van der Waals surface area contributed by atoms with Gasteiger partial charge in [0.05, 0.1) is 12.0 Å². The Kier molecular flexibility index (Phi) is 2.69. The molecule has 2 rings (SSSR count). The summed E-state index contributed by atoms with van der Waals surface area (Å²) in [7, 11) is 0. The van der Waals surface area contributed by atoms with Crippen LogP contribution in [0.1, 0.15) is 18.2 Å². The minimum Gasteiger partial charge on any atom is -0.460 e. The second-order valence-corrected chi connectivity index (χ2v) is 3.81. The molecule has 0 saturated heterocycles. The summed E-state index contributed by atoms with van der Waals surface area (Å²) in [6.07, 6.45) is -4.45. The van der Waals surface area contributed by atoms with Crippen LogP contribution in [-0.2, 0) is 17.4 Å². The van der Waals surface area contributed by atoms with E-state index in [1.807, 2.05) is 0 Å². The Balaban J connectivity index is 2.57. The van der Waals surface area contributed by atoms with Crippen molar-refractivity contribution in [3.05, 3.63) is 35.6 Å². The molecular formula is C12H9F3O2. The van der Waals surface area contributed by atoms with E-state index in [4.69, 9.17) is 4.42 Å². The average Bonchev–Trinajstić information content (AvgIpc) is 2.55. The third kappa shape index (κ3) is 2.33. The van der Waals surface area contributed by atoms with Gasteiger partial charge in [0.1, 0.15) is 17.1 Å². The van der Waals surface area contributed by atoms with Crippen LogP contribution in [0.3, 0.4) is 0 Å². The largest absolute Gasteiger partial charge is 0.460 e. The lowest BCUT2D eigenvalue weighted by atomic mass is 10.1. The van der Waals surface area contributed by atoms with Gasteiger partial charge < -0.3 is 4.42 Å². The van der Waals surface area contributed by atoms with Gasteiger partial charge in [-0.15, -0.1) is 0 Å². The zero-order valence-corrected chi connectivity index (χ0v) is 8.97. The molecule has 0 atom stereocenters. The Hall–Kier alpha value is -1.78. The number of hydrogen-bond acceptors (Lipinski definition) is 2. The molecule has 0 aliphatic carbocycles. The lowest BCUT2D eigenvalue weighted by molar-refractivity contribution is -0.136. The van der Waals surface area contributed by atoms with Crippen LogP contribution < -0.4 is 0 Å². The predicted octanol–water partition coefficient (Wildman–Crippen LogP) is 3.58. The van der Waals surface area contributed by atoms with Gasteiger partial charge in [-0.2, -0.15) is 13.2 Å². The molecule has 2 nitrogen and oxygen atoms in total. The van der Waals surface area contributed by atoms with E-state index < -0.39 is 11.7 Å². The van der Waals surface area contributed by atoms with E-state index >= 15 is 0 Å². The van der Waals surface area contributed by atoms with E-state index in [0.717, 1.165) is 6.07 Å². The molecule has 0 fully saturated rings. The first-order chi connectivity index (χ1) is 7.88. The number of hydrogen-bond donors (Lipinski definition) is 0.